The molecule has 1 rings (SSSR count). The number of hydrogen-bond acceptors (Lipinski definition) is 4. The molecule has 4 heteroatoms. The van der Waals surface area contributed by atoms with Crippen molar-refractivity contribution in [1.29, 1.82) is 0 Å². The lowest BCUT2D eigenvalue weighted by atomic mass is 10.1. The molecule has 1 aliphatic rings. The van der Waals surface area contributed by atoms with Gasteiger partial charge in [-0.05, 0) is 19.8 Å². The fraction of sp³-hybridized carbons (Fsp3) is 0.600. The van der Waals surface area contributed by atoms with Crippen LogP contribution in [0.3, 0.4) is 0 Å². The number of rotatable bonds is 4. The van der Waals surface area contributed by atoms with Crippen LogP contribution >= 0.6 is 0 Å². The third-order valence-corrected chi connectivity index (χ3v) is 1.80. The molecule has 0 N–H and O–H groups in total. The lowest BCUT2D eigenvalue weighted by molar-refractivity contribution is -0.128. The van der Waals surface area contributed by atoms with Gasteiger partial charge >= 0.3 is 0 Å². The van der Waals surface area contributed by atoms with Gasteiger partial charge in [0.1, 0.15) is 12.1 Å². The van der Waals surface area contributed by atoms with E-state index in [-0.39, 0.29) is 23.9 Å². The molecule has 1 atom stereocenters. The van der Waals surface area contributed by atoms with Gasteiger partial charge in [0.25, 0.3) is 0 Å². The summed E-state index contributed by atoms with van der Waals surface area (Å²) >= 11 is 0. The van der Waals surface area contributed by atoms with Gasteiger partial charge in [0, 0.05) is 12.8 Å². The highest BCUT2D eigenvalue weighted by Crippen LogP contribution is 2.31. The van der Waals surface area contributed by atoms with Crippen molar-refractivity contribution in [1.82, 2.24) is 0 Å². The highest BCUT2D eigenvalue weighted by Gasteiger charge is 2.32. The molecule has 4 nitrogen and oxygen atoms in total. The Bertz CT molecular complexity index is 241. The van der Waals surface area contributed by atoms with Crippen molar-refractivity contribution in [3.05, 3.63) is 0 Å². The summed E-state index contributed by atoms with van der Waals surface area (Å²) in [6.07, 6.45) is 2.99. The number of aldehydes is 2. The van der Waals surface area contributed by atoms with Crippen molar-refractivity contribution in [2.24, 2.45) is 11.8 Å². The maximum absolute atomic E-state index is 10.9. The fourth-order valence-corrected chi connectivity index (χ4v) is 0.807. The van der Waals surface area contributed by atoms with Gasteiger partial charge in [-0.25, -0.2) is 0 Å². The van der Waals surface area contributed by atoms with Gasteiger partial charge in [-0.2, -0.15) is 0 Å². The molecule has 0 heterocycles. The number of Topliss-reactive ketones (excluding diaryl/α,β-unsaturated/α-hetero) is 2. The molecule has 1 aliphatic carbocycles. The molecule has 0 aromatic rings. The van der Waals surface area contributed by atoms with Gasteiger partial charge in [0.05, 0.1) is 5.92 Å². The molecule has 1 fully saturated rings. The van der Waals surface area contributed by atoms with Crippen molar-refractivity contribution >= 4 is 24.1 Å². The number of carbonyl (C=O) groups is 4. The van der Waals surface area contributed by atoms with Crippen LogP contribution in [0.2, 0.25) is 0 Å². The van der Waals surface area contributed by atoms with Crippen LogP contribution in [0.5, 0.6) is 0 Å². The first-order valence-corrected chi connectivity index (χ1v) is 4.47. The summed E-state index contributed by atoms with van der Waals surface area (Å²) in [6.45, 7) is 2.88. The Balaban J connectivity index is 0.000000292. The molecule has 1 unspecified atom stereocenters. The Morgan fingerprint density at radius 1 is 1.29 bits per heavy atom. The van der Waals surface area contributed by atoms with Gasteiger partial charge in [0.2, 0.25) is 0 Å². The zero-order valence-electron chi connectivity index (χ0n) is 8.36. The monoisotopic (exact) mass is 198 g/mol. The van der Waals surface area contributed by atoms with Crippen LogP contribution < -0.4 is 0 Å². The first kappa shape index (κ1) is 12.7. The van der Waals surface area contributed by atoms with E-state index < -0.39 is 5.78 Å². The summed E-state index contributed by atoms with van der Waals surface area (Å²) in [5.41, 5.74) is 0. The Labute approximate surface area is 82.7 Å². The van der Waals surface area contributed by atoms with E-state index in [0.29, 0.717) is 0 Å². The number of hydrogen-bond donors (Lipinski definition) is 0. The second kappa shape index (κ2) is 6.18. The Morgan fingerprint density at radius 2 is 1.71 bits per heavy atom. The van der Waals surface area contributed by atoms with E-state index in [9.17, 15) is 14.4 Å². The van der Waals surface area contributed by atoms with Gasteiger partial charge in [-0.1, -0.05) is 0 Å². The van der Waals surface area contributed by atoms with E-state index >= 15 is 0 Å². The van der Waals surface area contributed by atoms with E-state index in [0.717, 1.165) is 19.1 Å². The highest BCUT2D eigenvalue weighted by molar-refractivity contribution is 6.23. The first-order valence-electron chi connectivity index (χ1n) is 4.47. The third-order valence-electron chi connectivity index (χ3n) is 1.80. The summed E-state index contributed by atoms with van der Waals surface area (Å²) < 4.78 is 0. The van der Waals surface area contributed by atoms with Crippen LogP contribution in [-0.2, 0) is 19.2 Å². The van der Waals surface area contributed by atoms with Crippen LogP contribution in [0.4, 0.5) is 0 Å². The van der Waals surface area contributed by atoms with E-state index in [1.54, 1.807) is 6.92 Å². The normalized spacial score (nSPS) is 15.9. The molecule has 0 saturated heterocycles. The average Bonchev–Trinajstić information content (AvgIpc) is 2.99. The molecule has 14 heavy (non-hydrogen) atoms. The van der Waals surface area contributed by atoms with E-state index in [1.165, 1.54) is 6.92 Å². The van der Waals surface area contributed by atoms with E-state index in [1.807, 2.05) is 0 Å². The van der Waals surface area contributed by atoms with Gasteiger partial charge in [-0.15, -0.1) is 0 Å². The topological polar surface area (TPSA) is 68.3 Å². The molecule has 0 radical (unpaired) electrons. The molecular weight excluding hydrogens is 184 g/mol. The predicted molar refractivity (Wildman–Crippen MR) is 49.7 cm³/mol. The predicted octanol–water partition coefficient (Wildman–Crippen LogP) is 0.575. The first-order chi connectivity index (χ1) is 6.52. The van der Waals surface area contributed by atoms with Crippen LogP contribution in [0, 0.1) is 11.8 Å². The zero-order chi connectivity index (χ0) is 11.1. The molecule has 0 bridgehead atoms. The van der Waals surface area contributed by atoms with Crippen molar-refractivity contribution in [3.63, 3.8) is 0 Å². The molecule has 1 saturated carbocycles. The minimum atomic E-state index is -0.426. The lowest BCUT2D eigenvalue weighted by Crippen LogP contribution is -2.13. The third kappa shape index (κ3) is 5.35. The summed E-state index contributed by atoms with van der Waals surface area (Å²) in [4.78, 5) is 39.6. The Kier molecular flexibility index (Phi) is 5.60. The summed E-state index contributed by atoms with van der Waals surface area (Å²) in [6, 6.07) is 0. The van der Waals surface area contributed by atoms with Gasteiger partial charge in [0.15, 0.2) is 12.1 Å². The smallest absolute Gasteiger partial charge is 0.192 e. The summed E-state index contributed by atoms with van der Waals surface area (Å²) in [5.74, 6) is -0.433. The van der Waals surface area contributed by atoms with E-state index in [4.69, 9.17) is 4.79 Å². The van der Waals surface area contributed by atoms with Crippen LogP contribution in [0.25, 0.3) is 0 Å². The van der Waals surface area contributed by atoms with Crippen molar-refractivity contribution in [2.75, 3.05) is 0 Å². The molecule has 0 aliphatic heterocycles. The SMILES string of the molecule is CC(=O)C=O.CC(C=O)C(=O)C1CC1. The summed E-state index contributed by atoms with van der Waals surface area (Å²) in [5, 5.41) is 0. The highest BCUT2D eigenvalue weighted by atomic mass is 16.2. The van der Waals surface area contributed by atoms with Crippen LogP contribution in [-0.4, -0.2) is 24.1 Å². The molecule has 0 aromatic carbocycles. The molecule has 0 amide bonds. The second-order valence-corrected chi connectivity index (χ2v) is 3.33. The van der Waals surface area contributed by atoms with Crippen LogP contribution in [0.1, 0.15) is 26.7 Å². The maximum Gasteiger partial charge on any atom is 0.192 e. The Hall–Kier alpha value is -1.32. The van der Waals surface area contributed by atoms with Crippen molar-refractivity contribution in [3.8, 4) is 0 Å². The number of ketones is 2. The van der Waals surface area contributed by atoms with Crippen molar-refractivity contribution in [2.45, 2.75) is 26.7 Å². The summed E-state index contributed by atoms with van der Waals surface area (Å²) in [7, 11) is 0. The molecular formula is C10H14O4. The molecule has 78 valence electrons. The molecule has 0 spiro atoms. The standard InChI is InChI=1S/C7H10O2.C3H4O2/c1-5(4-8)7(9)6-2-3-6;1-3(5)2-4/h4-6H,2-3H2,1H3;2H,1H3. The quantitative estimate of drug-likeness (QED) is 0.376. The van der Waals surface area contributed by atoms with Gasteiger partial charge < -0.3 is 4.79 Å². The molecule has 0 aromatic heterocycles. The van der Waals surface area contributed by atoms with Gasteiger partial charge in [-0.3, -0.25) is 14.4 Å². The van der Waals surface area contributed by atoms with E-state index in [2.05, 4.69) is 0 Å². The lowest BCUT2D eigenvalue weighted by Gasteiger charge is -1.97. The second-order valence-electron chi connectivity index (χ2n) is 3.33. The number of carbonyl (C=O) groups excluding carboxylic acids is 4. The van der Waals surface area contributed by atoms with Crippen LogP contribution in [0.15, 0.2) is 0 Å². The van der Waals surface area contributed by atoms with Crippen molar-refractivity contribution < 1.29 is 19.2 Å². The average molecular weight is 198 g/mol. The maximum atomic E-state index is 10.9. The Morgan fingerprint density at radius 3 is 1.93 bits per heavy atom. The zero-order valence-corrected chi connectivity index (χ0v) is 8.36. The largest absolute Gasteiger partial charge is 0.303 e. The fourth-order valence-electron chi connectivity index (χ4n) is 0.807. The minimum absolute atomic E-state index is 0.130. The minimum Gasteiger partial charge on any atom is -0.303 e.